The number of esters is 1. The average molecular weight is 455 g/mol. The molecule has 10 heteroatoms. The maximum absolute atomic E-state index is 13.1. The number of hydrogen-bond acceptors (Lipinski definition) is 7. The average Bonchev–Trinajstić information content (AvgIpc) is 2.78. The molecular weight excluding hydrogens is 430 g/mol. The van der Waals surface area contributed by atoms with Crippen LogP contribution in [-0.4, -0.2) is 30.1 Å². The maximum Gasteiger partial charge on any atom is 0.338 e. The summed E-state index contributed by atoms with van der Waals surface area (Å²) in [5, 5.41) is 16.9. The first-order valence-corrected chi connectivity index (χ1v) is 10.4. The third kappa shape index (κ3) is 5.40. The van der Waals surface area contributed by atoms with Gasteiger partial charge in [-0.25, -0.2) is 9.59 Å². The molecule has 2 amide bonds. The Kier molecular flexibility index (Phi) is 7.50. The molecule has 2 N–H and O–H groups in total. The number of benzene rings is 2. The highest BCUT2D eigenvalue weighted by Crippen LogP contribution is 2.41. The quantitative estimate of drug-likeness (QED) is 0.335. The zero-order chi connectivity index (χ0) is 24.0. The van der Waals surface area contributed by atoms with Crippen molar-refractivity contribution in [3.05, 3.63) is 75.0 Å². The van der Waals surface area contributed by atoms with Crippen LogP contribution in [0.4, 0.5) is 10.5 Å². The van der Waals surface area contributed by atoms with Crippen LogP contribution >= 0.6 is 0 Å². The van der Waals surface area contributed by atoms with Crippen molar-refractivity contribution >= 4 is 17.7 Å². The van der Waals surface area contributed by atoms with E-state index in [-0.39, 0.29) is 53.8 Å². The van der Waals surface area contributed by atoms with Crippen LogP contribution in [0, 0.1) is 10.1 Å². The van der Waals surface area contributed by atoms with E-state index >= 15 is 0 Å². The number of nitro groups is 1. The predicted octanol–water partition coefficient (Wildman–Crippen LogP) is 3.76. The third-order valence-corrected chi connectivity index (χ3v) is 4.90. The molecule has 0 radical (unpaired) electrons. The highest BCUT2D eigenvalue weighted by molar-refractivity contribution is 5.95. The Bertz CT molecular complexity index is 1080. The van der Waals surface area contributed by atoms with Gasteiger partial charge in [0.05, 0.1) is 29.8 Å². The Morgan fingerprint density at radius 1 is 1.09 bits per heavy atom. The van der Waals surface area contributed by atoms with Gasteiger partial charge in [-0.15, -0.1) is 0 Å². The van der Waals surface area contributed by atoms with Gasteiger partial charge in [0, 0.05) is 23.4 Å². The van der Waals surface area contributed by atoms with Crippen molar-refractivity contribution in [3.63, 3.8) is 0 Å². The number of rotatable bonds is 9. The van der Waals surface area contributed by atoms with Crippen LogP contribution in [0.3, 0.4) is 0 Å². The van der Waals surface area contributed by atoms with Crippen molar-refractivity contribution in [1.82, 2.24) is 10.6 Å². The van der Waals surface area contributed by atoms with Gasteiger partial charge in [0.25, 0.3) is 0 Å². The molecule has 0 bridgehead atoms. The lowest BCUT2D eigenvalue weighted by atomic mass is 9.94. The van der Waals surface area contributed by atoms with E-state index in [1.54, 1.807) is 20.8 Å². The molecular formula is C23H25N3O7. The summed E-state index contributed by atoms with van der Waals surface area (Å²) in [5.41, 5.74) is 1.12. The normalized spacial score (nSPS) is 15.4. The number of nitro benzene ring substituents is 1. The molecule has 2 aromatic carbocycles. The maximum atomic E-state index is 13.1. The molecule has 0 saturated carbocycles. The number of allylic oxidation sites excluding steroid dienone is 1. The van der Waals surface area contributed by atoms with Crippen molar-refractivity contribution in [2.45, 2.75) is 33.4 Å². The summed E-state index contributed by atoms with van der Waals surface area (Å²) < 4.78 is 16.6. The first-order valence-electron chi connectivity index (χ1n) is 10.4. The van der Waals surface area contributed by atoms with Gasteiger partial charge in [0.2, 0.25) is 5.75 Å². The Morgan fingerprint density at radius 2 is 1.76 bits per heavy atom. The number of carbonyl (C=O) groups excluding carboxylic acids is 2. The summed E-state index contributed by atoms with van der Waals surface area (Å²) in [4.78, 5) is 36.4. The molecule has 1 heterocycles. The lowest BCUT2D eigenvalue weighted by Gasteiger charge is -2.29. The van der Waals surface area contributed by atoms with E-state index in [0.717, 1.165) is 5.56 Å². The van der Waals surface area contributed by atoms with Crippen molar-refractivity contribution in [2.24, 2.45) is 0 Å². The number of ether oxygens (including phenoxy) is 3. The van der Waals surface area contributed by atoms with E-state index < -0.39 is 23.0 Å². The third-order valence-electron chi connectivity index (χ3n) is 4.90. The van der Waals surface area contributed by atoms with Crippen molar-refractivity contribution < 1.29 is 28.7 Å². The van der Waals surface area contributed by atoms with E-state index in [2.05, 4.69) is 10.6 Å². The Labute approximate surface area is 190 Å². The second-order valence-corrected chi connectivity index (χ2v) is 7.11. The van der Waals surface area contributed by atoms with Gasteiger partial charge in [-0.2, -0.15) is 0 Å². The van der Waals surface area contributed by atoms with E-state index in [9.17, 15) is 19.7 Å². The van der Waals surface area contributed by atoms with Crippen molar-refractivity contribution in [3.8, 4) is 11.5 Å². The molecule has 1 unspecified atom stereocenters. The molecule has 33 heavy (non-hydrogen) atoms. The molecule has 10 nitrogen and oxygen atoms in total. The Balaban J connectivity index is 2.04. The molecule has 1 aliphatic rings. The summed E-state index contributed by atoms with van der Waals surface area (Å²) in [7, 11) is 0. The number of nitrogens with one attached hydrogen (secondary N) is 2. The molecule has 0 spiro atoms. The molecule has 0 saturated heterocycles. The highest BCUT2D eigenvalue weighted by atomic mass is 16.6. The standard InChI is InChI=1S/C23H25N3O7/c1-4-31-18-12-19(32-5-2)17(26(29)30)11-16(18)21-20(14(3)24-23(28)25-21)22(27)33-13-15-9-7-6-8-10-15/h6-12,21H,4-5,13H2,1-3H3,(H2,24,25,28). The fourth-order valence-electron chi connectivity index (χ4n) is 3.48. The summed E-state index contributed by atoms with van der Waals surface area (Å²) in [6, 6.07) is 10.2. The molecule has 174 valence electrons. The Morgan fingerprint density at radius 3 is 2.39 bits per heavy atom. The molecule has 0 fully saturated rings. The smallest absolute Gasteiger partial charge is 0.338 e. The largest absolute Gasteiger partial charge is 0.493 e. The second kappa shape index (κ2) is 10.5. The minimum Gasteiger partial charge on any atom is -0.493 e. The zero-order valence-electron chi connectivity index (χ0n) is 18.5. The van der Waals surface area contributed by atoms with Gasteiger partial charge >= 0.3 is 17.7 Å². The van der Waals surface area contributed by atoms with Crippen molar-refractivity contribution in [2.75, 3.05) is 13.2 Å². The van der Waals surface area contributed by atoms with Crippen LogP contribution in [0.1, 0.15) is 37.9 Å². The minimum absolute atomic E-state index is 0.0266. The van der Waals surface area contributed by atoms with Crippen LogP contribution in [0.5, 0.6) is 11.5 Å². The summed E-state index contributed by atoms with van der Waals surface area (Å²) in [6.07, 6.45) is 0. The summed E-state index contributed by atoms with van der Waals surface area (Å²) >= 11 is 0. The molecule has 1 aliphatic heterocycles. The molecule has 0 aromatic heterocycles. The van der Waals surface area contributed by atoms with Crippen LogP contribution in [0.15, 0.2) is 53.7 Å². The van der Waals surface area contributed by atoms with Gasteiger partial charge in [-0.05, 0) is 26.3 Å². The van der Waals surface area contributed by atoms with Gasteiger partial charge < -0.3 is 24.8 Å². The lowest BCUT2D eigenvalue weighted by molar-refractivity contribution is -0.385. The van der Waals surface area contributed by atoms with Crippen LogP contribution in [-0.2, 0) is 16.1 Å². The van der Waals surface area contributed by atoms with E-state index in [4.69, 9.17) is 14.2 Å². The van der Waals surface area contributed by atoms with Gasteiger partial charge in [0.15, 0.2) is 0 Å². The lowest BCUT2D eigenvalue weighted by Crippen LogP contribution is -2.45. The fourth-order valence-corrected chi connectivity index (χ4v) is 3.48. The highest BCUT2D eigenvalue weighted by Gasteiger charge is 2.36. The topological polar surface area (TPSA) is 129 Å². The van der Waals surface area contributed by atoms with Crippen LogP contribution in [0.25, 0.3) is 0 Å². The first kappa shape index (κ1) is 23.6. The fraction of sp³-hybridized carbons (Fsp3) is 0.304. The monoisotopic (exact) mass is 455 g/mol. The number of carbonyl (C=O) groups is 2. The van der Waals surface area contributed by atoms with Gasteiger partial charge in [-0.3, -0.25) is 10.1 Å². The Hall–Kier alpha value is -4.08. The minimum atomic E-state index is -1.03. The predicted molar refractivity (Wildman–Crippen MR) is 119 cm³/mol. The van der Waals surface area contributed by atoms with Crippen LogP contribution < -0.4 is 20.1 Å². The summed E-state index contributed by atoms with van der Waals surface area (Å²) in [6.45, 7) is 5.52. The van der Waals surface area contributed by atoms with E-state index in [0.29, 0.717) is 0 Å². The van der Waals surface area contributed by atoms with Crippen LogP contribution in [0.2, 0.25) is 0 Å². The molecule has 0 aliphatic carbocycles. The summed E-state index contributed by atoms with van der Waals surface area (Å²) in [5.74, 6) is -0.392. The second-order valence-electron chi connectivity index (χ2n) is 7.11. The molecule has 3 rings (SSSR count). The SMILES string of the molecule is CCOc1cc(OCC)c([N+](=O)[O-])cc1C1NC(=O)NC(C)=C1C(=O)OCc1ccccc1. The van der Waals surface area contributed by atoms with E-state index in [1.807, 2.05) is 30.3 Å². The van der Waals surface area contributed by atoms with E-state index in [1.165, 1.54) is 12.1 Å². The first-order chi connectivity index (χ1) is 15.8. The number of hydrogen-bond donors (Lipinski definition) is 2. The molecule has 1 atom stereocenters. The number of nitrogens with zero attached hydrogens (tertiary/aromatic N) is 1. The van der Waals surface area contributed by atoms with Gasteiger partial charge in [0.1, 0.15) is 12.4 Å². The number of amides is 2. The van der Waals surface area contributed by atoms with Crippen molar-refractivity contribution in [1.29, 1.82) is 0 Å². The zero-order valence-corrected chi connectivity index (χ0v) is 18.5. The molecule has 2 aromatic rings. The number of urea groups is 1. The van der Waals surface area contributed by atoms with Gasteiger partial charge in [-0.1, -0.05) is 30.3 Å².